The van der Waals surface area contributed by atoms with Crippen LogP contribution in [-0.2, 0) is 4.74 Å². The molecule has 2 aliphatic rings. The second-order valence-electron chi connectivity index (χ2n) is 5.03. The number of nitrogens with one attached hydrogen (secondary N) is 1. The Labute approximate surface area is 98.8 Å². The van der Waals surface area contributed by atoms with Crippen molar-refractivity contribution in [2.45, 2.75) is 25.8 Å². The van der Waals surface area contributed by atoms with Crippen LogP contribution in [-0.4, -0.2) is 50.3 Å². The smallest absolute Gasteiger partial charge is 0.0594 e. The lowest BCUT2D eigenvalue weighted by atomic mass is 10.1. The first-order valence-electron chi connectivity index (χ1n) is 6.53. The molecule has 1 aliphatic heterocycles. The predicted octanol–water partition coefficient (Wildman–Crippen LogP) is 1.26. The van der Waals surface area contributed by atoms with E-state index in [1.807, 2.05) is 0 Å². The average Bonchev–Trinajstić information content (AvgIpc) is 2.81. The summed E-state index contributed by atoms with van der Waals surface area (Å²) in [6, 6.07) is 0.596. The molecule has 3 heteroatoms. The highest BCUT2D eigenvalue weighted by atomic mass is 16.5. The van der Waals surface area contributed by atoms with Crippen molar-refractivity contribution in [3.8, 4) is 0 Å². The van der Waals surface area contributed by atoms with E-state index in [9.17, 15) is 0 Å². The van der Waals surface area contributed by atoms with E-state index in [1.54, 1.807) is 0 Å². The van der Waals surface area contributed by atoms with Crippen LogP contribution in [0.15, 0.2) is 12.2 Å². The summed E-state index contributed by atoms with van der Waals surface area (Å²) in [5.41, 5.74) is 0. The van der Waals surface area contributed by atoms with Crippen LogP contribution < -0.4 is 5.32 Å². The Morgan fingerprint density at radius 2 is 2.00 bits per heavy atom. The number of nitrogens with zero attached hydrogens (tertiary/aromatic N) is 1. The van der Waals surface area contributed by atoms with Crippen molar-refractivity contribution in [3.05, 3.63) is 12.2 Å². The largest absolute Gasteiger partial charge is 0.379 e. The van der Waals surface area contributed by atoms with Crippen LogP contribution in [0.1, 0.15) is 19.8 Å². The van der Waals surface area contributed by atoms with Gasteiger partial charge in [0.05, 0.1) is 13.2 Å². The van der Waals surface area contributed by atoms with Gasteiger partial charge in [0, 0.05) is 25.7 Å². The molecule has 1 N–H and O–H groups in total. The minimum Gasteiger partial charge on any atom is -0.379 e. The summed E-state index contributed by atoms with van der Waals surface area (Å²) in [6.07, 6.45) is 7.13. The molecule has 0 amide bonds. The number of hydrogen-bond donors (Lipinski definition) is 1. The molecule has 1 fully saturated rings. The topological polar surface area (TPSA) is 24.5 Å². The van der Waals surface area contributed by atoms with E-state index in [4.69, 9.17) is 4.74 Å². The van der Waals surface area contributed by atoms with Crippen molar-refractivity contribution >= 4 is 0 Å². The third-order valence-electron chi connectivity index (χ3n) is 3.50. The third-order valence-corrected chi connectivity index (χ3v) is 3.50. The summed E-state index contributed by atoms with van der Waals surface area (Å²) in [5, 5.41) is 3.65. The lowest BCUT2D eigenvalue weighted by Gasteiger charge is -2.29. The molecule has 2 rings (SSSR count). The number of ether oxygens (including phenoxy) is 1. The SMILES string of the molecule is CC(CN1CCOCC1)NCC1CC=CC1. The van der Waals surface area contributed by atoms with Crippen LogP contribution in [0.25, 0.3) is 0 Å². The van der Waals surface area contributed by atoms with Gasteiger partial charge in [-0.2, -0.15) is 0 Å². The molecule has 1 saturated heterocycles. The van der Waals surface area contributed by atoms with Crippen LogP contribution in [0.2, 0.25) is 0 Å². The van der Waals surface area contributed by atoms with Gasteiger partial charge < -0.3 is 10.1 Å². The zero-order valence-electron chi connectivity index (χ0n) is 10.3. The first-order valence-corrected chi connectivity index (χ1v) is 6.53. The molecule has 0 saturated carbocycles. The van der Waals surface area contributed by atoms with E-state index in [-0.39, 0.29) is 0 Å². The van der Waals surface area contributed by atoms with E-state index in [2.05, 4.69) is 29.3 Å². The van der Waals surface area contributed by atoms with Crippen molar-refractivity contribution < 1.29 is 4.74 Å². The van der Waals surface area contributed by atoms with E-state index in [1.165, 1.54) is 19.4 Å². The normalized spacial score (nSPS) is 25.1. The van der Waals surface area contributed by atoms with E-state index in [0.717, 1.165) is 38.8 Å². The van der Waals surface area contributed by atoms with Gasteiger partial charge >= 0.3 is 0 Å². The van der Waals surface area contributed by atoms with Gasteiger partial charge in [-0.1, -0.05) is 12.2 Å². The maximum absolute atomic E-state index is 5.35. The summed E-state index contributed by atoms with van der Waals surface area (Å²) in [6.45, 7) is 8.60. The highest BCUT2D eigenvalue weighted by molar-refractivity contribution is 4.94. The maximum Gasteiger partial charge on any atom is 0.0594 e. The van der Waals surface area contributed by atoms with Crippen molar-refractivity contribution in [1.29, 1.82) is 0 Å². The molecule has 3 nitrogen and oxygen atoms in total. The van der Waals surface area contributed by atoms with E-state index < -0.39 is 0 Å². The summed E-state index contributed by atoms with van der Waals surface area (Å²) >= 11 is 0. The molecule has 1 unspecified atom stereocenters. The quantitative estimate of drug-likeness (QED) is 0.712. The van der Waals surface area contributed by atoms with E-state index >= 15 is 0 Å². The third kappa shape index (κ3) is 3.89. The van der Waals surface area contributed by atoms with Gasteiger partial charge in [0.2, 0.25) is 0 Å². The molecule has 0 aromatic heterocycles. The van der Waals surface area contributed by atoms with Gasteiger partial charge in [0.15, 0.2) is 0 Å². The van der Waals surface area contributed by atoms with Gasteiger partial charge in [-0.15, -0.1) is 0 Å². The Morgan fingerprint density at radius 3 is 2.69 bits per heavy atom. The van der Waals surface area contributed by atoms with Crippen LogP contribution in [0.3, 0.4) is 0 Å². The summed E-state index contributed by atoms with van der Waals surface area (Å²) < 4.78 is 5.35. The molecule has 1 atom stereocenters. The highest BCUT2D eigenvalue weighted by Gasteiger charge is 2.15. The van der Waals surface area contributed by atoms with Gasteiger partial charge in [0.25, 0.3) is 0 Å². The highest BCUT2D eigenvalue weighted by Crippen LogP contribution is 2.16. The lowest BCUT2D eigenvalue weighted by Crippen LogP contribution is -2.45. The zero-order chi connectivity index (χ0) is 11.2. The molecule has 1 heterocycles. The summed E-state index contributed by atoms with van der Waals surface area (Å²) in [5.74, 6) is 0.840. The van der Waals surface area contributed by atoms with Crippen LogP contribution in [0.4, 0.5) is 0 Å². The van der Waals surface area contributed by atoms with Gasteiger partial charge in [-0.25, -0.2) is 0 Å². The Balaban J connectivity index is 1.57. The zero-order valence-corrected chi connectivity index (χ0v) is 10.3. The fourth-order valence-corrected chi connectivity index (χ4v) is 2.44. The molecular weight excluding hydrogens is 200 g/mol. The van der Waals surface area contributed by atoms with Crippen molar-refractivity contribution in [2.75, 3.05) is 39.4 Å². The number of allylic oxidation sites excluding steroid dienone is 2. The van der Waals surface area contributed by atoms with Crippen molar-refractivity contribution in [1.82, 2.24) is 10.2 Å². The lowest BCUT2D eigenvalue weighted by molar-refractivity contribution is 0.0342. The fourth-order valence-electron chi connectivity index (χ4n) is 2.44. The molecule has 0 bridgehead atoms. The summed E-state index contributed by atoms with van der Waals surface area (Å²) in [7, 11) is 0. The Bertz CT molecular complexity index is 216. The Morgan fingerprint density at radius 1 is 1.31 bits per heavy atom. The van der Waals surface area contributed by atoms with Crippen molar-refractivity contribution in [2.24, 2.45) is 5.92 Å². The maximum atomic E-state index is 5.35. The molecule has 0 spiro atoms. The molecule has 0 radical (unpaired) electrons. The first kappa shape index (κ1) is 12.1. The molecule has 0 aromatic carbocycles. The molecular formula is C13H24N2O. The molecule has 16 heavy (non-hydrogen) atoms. The van der Waals surface area contributed by atoms with Crippen LogP contribution in [0, 0.1) is 5.92 Å². The predicted molar refractivity (Wildman–Crippen MR) is 66.6 cm³/mol. The van der Waals surface area contributed by atoms with Gasteiger partial charge in [-0.05, 0) is 32.2 Å². The van der Waals surface area contributed by atoms with Crippen LogP contribution in [0.5, 0.6) is 0 Å². The summed E-state index contributed by atoms with van der Waals surface area (Å²) in [4.78, 5) is 2.49. The second-order valence-corrected chi connectivity index (χ2v) is 5.03. The minimum atomic E-state index is 0.596. The Hall–Kier alpha value is -0.380. The fraction of sp³-hybridized carbons (Fsp3) is 0.846. The molecule has 92 valence electrons. The standard InChI is InChI=1S/C13H24N2O/c1-12(11-15-6-8-16-9-7-15)14-10-13-4-2-3-5-13/h2-3,12-14H,4-11H2,1H3. The molecule has 1 aliphatic carbocycles. The molecule has 0 aromatic rings. The number of morpholine rings is 1. The van der Waals surface area contributed by atoms with Crippen molar-refractivity contribution in [3.63, 3.8) is 0 Å². The second kappa shape index (κ2) is 6.38. The minimum absolute atomic E-state index is 0.596. The van der Waals surface area contributed by atoms with Crippen LogP contribution >= 0.6 is 0 Å². The van der Waals surface area contributed by atoms with Gasteiger partial charge in [0.1, 0.15) is 0 Å². The number of rotatable bonds is 5. The Kier molecular flexibility index (Phi) is 4.82. The first-order chi connectivity index (χ1) is 7.84. The average molecular weight is 224 g/mol. The monoisotopic (exact) mass is 224 g/mol. The van der Waals surface area contributed by atoms with E-state index in [0.29, 0.717) is 6.04 Å². The number of hydrogen-bond acceptors (Lipinski definition) is 3. The van der Waals surface area contributed by atoms with Gasteiger partial charge in [-0.3, -0.25) is 4.90 Å².